The van der Waals surface area contributed by atoms with Crippen molar-refractivity contribution in [3.05, 3.63) is 29.0 Å². The van der Waals surface area contributed by atoms with Crippen LogP contribution in [0.1, 0.15) is 32.1 Å². The van der Waals surface area contributed by atoms with E-state index >= 15 is 0 Å². The van der Waals surface area contributed by atoms with Crippen molar-refractivity contribution in [2.75, 3.05) is 22.9 Å². The van der Waals surface area contributed by atoms with Crippen LogP contribution in [-0.4, -0.2) is 45.2 Å². The van der Waals surface area contributed by atoms with Gasteiger partial charge in [-0.25, -0.2) is 9.49 Å². The van der Waals surface area contributed by atoms with E-state index in [0.29, 0.717) is 18.1 Å². The van der Waals surface area contributed by atoms with Crippen molar-refractivity contribution in [3.63, 3.8) is 0 Å². The maximum atomic E-state index is 14.0. The molecule has 7 nitrogen and oxygen atoms in total. The number of hydrogen-bond acceptors (Lipinski definition) is 5. The molecule has 25 heavy (non-hydrogen) atoms. The lowest BCUT2D eigenvalue weighted by molar-refractivity contribution is -0.121. The summed E-state index contributed by atoms with van der Waals surface area (Å²) in [6.07, 6.45) is 3.82. The predicted molar refractivity (Wildman–Crippen MR) is 91.1 cm³/mol. The third kappa shape index (κ3) is 2.84. The summed E-state index contributed by atoms with van der Waals surface area (Å²) in [6.45, 7) is 1.47. The Morgan fingerprint density at radius 3 is 2.72 bits per heavy atom. The smallest absolute Gasteiger partial charge is 0.242 e. The first kappa shape index (κ1) is 16.3. The minimum Gasteiger partial charge on any atom is -0.340 e. The summed E-state index contributed by atoms with van der Waals surface area (Å²) in [5.41, 5.74) is 0.293. The van der Waals surface area contributed by atoms with Crippen LogP contribution >= 0.6 is 11.6 Å². The van der Waals surface area contributed by atoms with Crippen molar-refractivity contribution in [1.29, 1.82) is 0 Å². The molecule has 0 atom stereocenters. The van der Waals surface area contributed by atoms with E-state index in [2.05, 4.69) is 25.5 Å². The summed E-state index contributed by atoms with van der Waals surface area (Å²) in [7, 11) is 0. The number of aromatic nitrogens is 4. The summed E-state index contributed by atoms with van der Waals surface area (Å²) >= 11 is 5.80. The Balaban J connectivity index is 1.62. The van der Waals surface area contributed by atoms with Gasteiger partial charge in [-0.1, -0.05) is 16.7 Å². The highest BCUT2D eigenvalue weighted by Gasteiger charge is 2.45. The van der Waals surface area contributed by atoms with Gasteiger partial charge in [0.15, 0.2) is 0 Å². The number of hydrogen-bond donors (Lipinski definition) is 1. The van der Waals surface area contributed by atoms with Gasteiger partial charge < -0.3 is 9.80 Å². The number of carbonyl (C=O) groups is 1. The van der Waals surface area contributed by atoms with E-state index in [1.54, 1.807) is 11.0 Å². The molecular weight excluding hydrogens is 347 g/mol. The molecule has 0 unspecified atom stereocenters. The first-order valence-electron chi connectivity index (χ1n) is 8.36. The van der Waals surface area contributed by atoms with Gasteiger partial charge in [0, 0.05) is 25.2 Å². The average molecular weight is 365 g/mol. The van der Waals surface area contributed by atoms with E-state index in [9.17, 15) is 9.18 Å². The van der Waals surface area contributed by atoms with Crippen LogP contribution in [0.3, 0.4) is 0 Å². The van der Waals surface area contributed by atoms with Crippen molar-refractivity contribution in [2.45, 2.75) is 37.6 Å². The molecule has 1 aromatic heterocycles. The monoisotopic (exact) mass is 364 g/mol. The standard InChI is InChI=1S/C16H18ClFN6O/c17-12-4-3-11(10-13(12)18)24-14(25)2-1-5-16(24)6-8-23(9-7-16)15-19-21-22-20-15/h3-4,10H,1-2,5-9H2,(H,19,20,21,22). The van der Waals surface area contributed by atoms with E-state index in [0.717, 1.165) is 38.8 Å². The first-order chi connectivity index (χ1) is 12.1. The molecule has 0 aliphatic carbocycles. The predicted octanol–water partition coefficient (Wildman–Crippen LogP) is 2.55. The Hall–Kier alpha value is -2.22. The van der Waals surface area contributed by atoms with Crippen LogP contribution in [-0.2, 0) is 4.79 Å². The van der Waals surface area contributed by atoms with Crippen LogP contribution in [0.2, 0.25) is 5.02 Å². The van der Waals surface area contributed by atoms with Crippen molar-refractivity contribution < 1.29 is 9.18 Å². The molecule has 0 saturated carbocycles. The lowest BCUT2D eigenvalue weighted by Gasteiger charge is -2.51. The zero-order valence-electron chi connectivity index (χ0n) is 13.6. The van der Waals surface area contributed by atoms with E-state index in [4.69, 9.17) is 11.6 Å². The first-order valence-corrected chi connectivity index (χ1v) is 8.74. The summed E-state index contributed by atoms with van der Waals surface area (Å²) < 4.78 is 14.0. The van der Waals surface area contributed by atoms with E-state index in [1.807, 2.05) is 0 Å². The fourth-order valence-corrected chi connectivity index (χ4v) is 4.11. The second kappa shape index (κ2) is 6.25. The number of halogens is 2. The van der Waals surface area contributed by atoms with Crippen LogP contribution in [0, 0.1) is 5.82 Å². The van der Waals surface area contributed by atoms with Gasteiger partial charge in [0.25, 0.3) is 0 Å². The third-order valence-electron chi connectivity index (χ3n) is 5.25. The number of nitrogens with one attached hydrogen (secondary N) is 1. The van der Waals surface area contributed by atoms with Crippen molar-refractivity contribution in [3.8, 4) is 0 Å². The van der Waals surface area contributed by atoms with Crippen LogP contribution in [0.4, 0.5) is 16.0 Å². The highest BCUT2D eigenvalue weighted by molar-refractivity contribution is 6.30. The molecule has 2 aliphatic rings. The zero-order valence-corrected chi connectivity index (χ0v) is 14.3. The Morgan fingerprint density at radius 2 is 2.04 bits per heavy atom. The number of aromatic amines is 1. The number of carbonyl (C=O) groups excluding carboxylic acids is 1. The average Bonchev–Trinajstić information content (AvgIpc) is 3.13. The number of anilines is 2. The number of piperidine rings is 2. The van der Waals surface area contributed by atoms with Gasteiger partial charge in [0.2, 0.25) is 11.9 Å². The fraction of sp³-hybridized carbons (Fsp3) is 0.500. The number of benzene rings is 1. The SMILES string of the molecule is O=C1CCCC2(CCN(c3nnn[nH]3)CC2)N1c1ccc(Cl)c(F)c1. The van der Waals surface area contributed by atoms with Crippen LogP contribution in [0.15, 0.2) is 18.2 Å². The van der Waals surface area contributed by atoms with Gasteiger partial charge in [-0.15, -0.1) is 0 Å². The van der Waals surface area contributed by atoms with E-state index < -0.39 is 5.82 Å². The summed E-state index contributed by atoms with van der Waals surface area (Å²) in [6, 6.07) is 4.60. The highest BCUT2D eigenvalue weighted by Crippen LogP contribution is 2.41. The Kier molecular flexibility index (Phi) is 4.07. The molecule has 4 rings (SSSR count). The molecule has 2 fully saturated rings. The highest BCUT2D eigenvalue weighted by atomic mass is 35.5. The van der Waals surface area contributed by atoms with Gasteiger partial charge in [-0.2, -0.15) is 0 Å². The molecule has 132 valence electrons. The normalized spacial score (nSPS) is 20.3. The quantitative estimate of drug-likeness (QED) is 0.886. The molecular formula is C16H18ClFN6O. The van der Waals surface area contributed by atoms with Gasteiger partial charge in [0.1, 0.15) is 5.82 Å². The van der Waals surface area contributed by atoms with Crippen LogP contribution in [0.25, 0.3) is 0 Å². The molecule has 1 aromatic carbocycles. The fourth-order valence-electron chi connectivity index (χ4n) is 4.00. The van der Waals surface area contributed by atoms with E-state index in [1.165, 1.54) is 12.1 Å². The Labute approximate surface area is 149 Å². The molecule has 0 bridgehead atoms. The van der Waals surface area contributed by atoms with Crippen molar-refractivity contribution in [2.24, 2.45) is 0 Å². The number of amides is 1. The molecule has 2 aliphatic heterocycles. The molecule has 1 N–H and O–H groups in total. The van der Waals surface area contributed by atoms with Crippen LogP contribution < -0.4 is 9.80 Å². The number of nitrogens with zero attached hydrogens (tertiary/aromatic N) is 5. The largest absolute Gasteiger partial charge is 0.340 e. The number of tetrazole rings is 1. The zero-order chi connectivity index (χ0) is 17.4. The van der Waals surface area contributed by atoms with Gasteiger partial charge >= 0.3 is 0 Å². The van der Waals surface area contributed by atoms with Crippen molar-refractivity contribution >= 4 is 29.1 Å². The maximum absolute atomic E-state index is 14.0. The molecule has 2 aromatic rings. The number of H-pyrrole nitrogens is 1. The minimum absolute atomic E-state index is 0.0442. The number of rotatable bonds is 2. The Morgan fingerprint density at radius 1 is 1.24 bits per heavy atom. The Bertz CT molecular complexity index is 775. The van der Waals surface area contributed by atoms with E-state index in [-0.39, 0.29) is 16.5 Å². The van der Waals surface area contributed by atoms with Crippen molar-refractivity contribution in [1.82, 2.24) is 20.6 Å². The van der Waals surface area contributed by atoms with Gasteiger partial charge in [-0.05, 0) is 54.3 Å². The second-order valence-electron chi connectivity index (χ2n) is 6.62. The lowest BCUT2D eigenvalue weighted by atomic mass is 9.78. The molecule has 3 heterocycles. The molecule has 2 saturated heterocycles. The summed E-state index contributed by atoms with van der Waals surface area (Å²) in [4.78, 5) is 16.6. The molecule has 0 radical (unpaired) electrons. The summed E-state index contributed by atoms with van der Waals surface area (Å²) in [5.74, 6) is 0.182. The maximum Gasteiger partial charge on any atom is 0.242 e. The third-order valence-corrected chi connectivity index (χ3v) is 5.55. The van der Waals surface area contributed by atoms with Gasteiger partial charge in [0.05, 0.1) is 10.6 Å². The van der Waals surface area contributed by atoms with Crippen LogP contribution in [0.5, 0.6) is 0 Å². The topological polar surface area (TPSA) is 78.0 Å². The molecule has 1 amide bonds. The van der Waals surface area contributed by atoms with Gasteiger partial charge in [-0.3, -0.25) is 4.79 Å². The second-order valence-corrected chi connectivity index (χ2v) is 7.02. The lowest BCUT2D eigenvalue weighted by Crippen LogP contribution is -2.60. The summed E-state index contributed by atoms with van der Waals surface area (Å²) in [5, 5.41) is 14.0. The minimum atomic E-state index is -0.502. The molecule has 9 heteroatoms. The molecule has 1 spiro atoms.